The van der Waals surface area contributed by atoms with Crippen molar-refractivity contribution >= 4 is 33.1 Å². The maximum Gasteiger partial charge on any atom is 0.229 e. The van der Waals surface area contributed by atoms with E-state index >= 15 is 0 Å². The first-order valence-electron chi connectivity index (χ1n) is 10.6. The number of benzene rings is 1. The average molecular weight is 469 g/mol. The molecule has 3 aromatic rings. The molecule has 1 aliphatic heterocycles. The Hall–Kier alpha value is -3.08. The van der Waals surface area contributed by atoms with Gasteiger partial charge in [-0.25, -0.2) is 18.4 Å². The zero-order valence-corrected chi connectivity index (χ0v) is 19.9. The Labute approximate surface area is 193 Å². The number of nitrogens with one attached hydrogen (secondary N) is 2. The van der Waals surface area contributed by atoms with Crippen molar-refractivity contribution in [1.82, 2.24) is 19.9 Å². The minimum absolute atomic E-state index is 0.0458. The molecule has 174 valence electrons. The summed E-state index contributed by atoms with van der Waals surface area (Å²) in [5.41, 5.74) is 2.69. The number of hydrogen-bond donors (Lipinski definition) is 3. The number of likely N-dealkylation sites (N-methyl/N-ethyl adjacent to an activating group) is 1. The molecule has 33 heavy (non-hydrogen) atoms. The van der Waals surface area contributed by atoms with Crippen molar-refractivity contribution in [3.05, 3.63) is 59.4 Å². The molecule has 0 unspecified atom stereocenters. The SMILES string of the molecule is CN1CCc2ccc(Nc3ncc(S(C)(=O)=O)c(Nc4cccc(C(C)(C)O)n4)n3)cc2C1. The van der Waals surface area contributed by atoms with Crippen LogP contribution in [0.15, 0.2) is 47.5 Å². The third-order valence-electron chi connectivity index (χ3n) is 5.44. The Morgan fingerprint density at radius 2 is 1.88 bits per heavy atom. The van der Waals surface area contributed by atoms with Gasteiger partial charge >= 0.3 is 0 Å². The van der Waals surface area contributed by atoms with Crippen LogP contribution in [0.3, 0.4) is 0 Å². The van der Waals surface area contributed by atoms with Crippen molar-refractivity contribution in [2.75, 3.05) is 30.5 Å². The normalized spacial score (nSPS) is 14.6. The van der Waals surface area contributed by atoms with Gasteiger partial charge in [0.25, 0.3) is 0 Å². The first kappa shape index (κ1) is 23.1. The monoisotopic (exact) mass is 468 g/mol. The molecule has 1 aliphatic rings. The van der Waals surface area contributed by atoms with Crippen LogP contribution < -0.4 is 10.6 Å². The molecule has 0 saturated heterocycles. The zero-order chi connectivity index (χ0) is 23.8. The van der Waals surface area contributed by atoms with Gasteiger partial charge in [0.05, 0.1) is 11.9 Å². The number of aromatic nitrogens is 3. The quantitative estimate of drug-likeness (QED) is 0.501. The predicted molar refractivity (Wildman–Crippen MR) is 128 cm³/mol. The summed E-state index contributed by atoms with van der Waals surface area (Å²) in [5.74, 6) is 0.724. The summed E-state index contributed by atoms with van der Waals surface area (Å²) in [5, 5.41) is 16.4. The largest absolute Gasteiger partial charge is 0.384 e. The molecule has 1 aromatic carbocycles. The molecule has 0 bridgehead atoms. The van der Waals surface area contributed by atoms with Gasteiger partial charge in [-0.1, -0.05) is 12.1 Å². The highest BCUT2D eigenvalue weighted by atomic mass is 32.2. The Morgan fingerprint density at radius 1 is 1.09 bits per heavy atom. The molecule has 3 N–H and O–H groups in total. The van der Waals surface area contributed by atoms with Crippen LogP contribution in [0.1, 0.15) is 30.7 Å². The zero-order valence-electron chi connectivity index (χ0n) is 19.1. The van der Waals surface area contributed by atoms with Crippen LogP contribution in [0, 0.1) is 0 Å². The van der Waals surface area contributed by atoms with Crippen molar-refractivity contribution in [2.45, 2.75) is 37.3 Å². The van der Waals surface area contributed by atoms with Crippen LogP contribution in [0.25, 0.3) is 0 Å². The molecule has 0 saturated carbocycles. The number of fused-ring (bicyclic) bond motifs is 1. The Kier molecular flexibility index (Phi) is 6.08. The van der Waals surface area contributed by atoms with Crippen molar-refractivity contribution in [1.29, 1.82) is 0 Å². The molecule has 0 spiro atoms. The lowest BCUT2D eigenvalue weighted by Gasteiger charge is -2.25. The van der Waals surface area contributed by atoms with E-state index in [1.165, 1.54) is 17.3 Å². The Bertz CT molecular complexity index is 1290. The number of aliphatic hydroxyl groups is 1. The molecule has 9 nitrogen and oxygen atoms in total. The third kappa shape index (κ3) is 5.47. The molecule has 0 amide bonds. The Morgan fingerprint density at radius 3 is 2.61 bits per heavy atom. The number of sulfone groups is 1. The fourth-order valence-electron chi connectivity index (χ4n) is 3.66. The van der Waals surface area contributed by atoms with Crippen LogP contribution in [-0.4, -0.2) is 53.2 Å². The van der Waals surface area contributed by atoms with Crippen LogP contribution in [-0.2, 0) is 28.4 Å². The van der Waals surface area contributed by atoms with Crippen molar-refractivity contribution in [3.63, 3.8) is 0 Å². The van der Waals surface area contributed by atoms with E-state index in [0.29, 0.717) is 11.5 Å². The minimum atomic E-state index is -3.60. The second-order valence-electron chi connectivity index (χ2n) is 8.87. The van der Waals surface area contributed by atoms with Gasteiger partial charge in [-0.05, 0) is 62.7 Å². The second kappa shape index (κ2) is 8.69. The molecular weight excluding hydrogens is 440 g/mol. The van der Waals surface area contributed by atoms with Crippen LogP contribution in [0.5, 0.6) is 0 Å². The van der Waals surface area contributed by atoms with Gasteiger partial charge in [-0.3, -0.25) is 0 Å². The average Bonchev–Trinajstić information content (AvgIpc) is 2.72. The van der Waals surface area contributed by atoms with Crippen LogP contribution in [0.2, 0.25) is 0 Å². The number of rotatable bonds is 6. The van der Waals surface area contributed by atoms with Crippen LogP contribution in [0.4, 0.5) is 23.3 Å². The lowest BCUT2D eigenvalue weighted by Crippen LogP contribution is -2.26. The van der Waals surface area contributed by atoms with E-state index in [2.05, 4.69) is 49.7 Å². The van der Waals surface area contributed by atoms with Gasteiger partial charge in [0, 0.05) is 25.0 Å². The first-order chi connectivity index (χ1) is 15.5. The highest BCUT2D eigenvalue weighted by molar-refractivity contribution is 7.90. The molecule has 4 rings (SSSR count). The van der Waals surface area contributed by atoms with Gasteiger partial charge in [-0.2, -0.15) is 4.98 Å². The maximum absolute atomic E-state index is 12.3. The second-order valence-corrected chi connectivity index (χ2v) is 10.9. The lowest BCUT2D eigenvalue weighted by atomic mass is 9.99. The highest BCUT2D eigenvalue weighted by Crippen LogP contribution is 2.27. The van der Waals surface area contributed by atoms with E-state index in [9.17, 15) is 13.5 Å². The summed E-state index contributed by atoms with van der Waals surface area (Å²) in [7, 11) is -1.51. The summed E-state index contributed by atoms with van der Waals surface area (Å²) < 4.78 is 24.7. The van der Waals surface area contributed by atoms with E-state index in [4.69, 9.17) is 0 Å². The third-order valence-corrected chi connectivity index (χ3v) is 6.54. The fraction of sp³-hybridized carbons (Fsp3) is 0.348. The van der Waals surface area contributed by atoms with E-state index in [1.54, 1.807) is 32.0 Å². The summed E-state index contributed by atoms with van der Waals surface area (Å²) in [6, 6.07) is 11.2. The predicted octanol–water partition coefficient (Wildman–Crippen LogP) is 2.98. The molecule has 0 fully saturated rings. The molecule has 0 atom stereocenters. The van der Waals surface area contributed by atoms with Gasteiger partial charge in [0.15, 0.2) is 15.7 Å². The molecular formula is C23H28N6O3S. The van der Waals surface area contributed by atoms with Gasteiger partial charge in [-0.15, -0.1) is 0 Å². The molecule has 0 radical (unpaired) electrons. The molecule has 10 heteroatoms. The summed E-state index contributed by atoms with van der Waals surface area (Å²) in [6.45, 7) is 5.16. The van der Waals surface area contributed by atoms with E-state index < -0.39 is 15.4 Å². The van der Waals surface area contributed by atoms with E-state index in [0.717, 1.165) is 31.5 Å². The summed E-state index contributed by atoms with van der Waals surface area (Å²) in [4.78, 5) is 15.2. The minimum Gasteiger partial charge on any atom is -0.384 e. The molecule has 2 aromatic heterocycles. The number of nitrogens with zero attached hydrogens (tertiary/aromatic N) is 4. The van der Waals surface area contributed by atoms with Crippen molar-refractivity contribution in [2.24, 2.45) is 0 Å². The molecule has 0 aliphatic carbocycles. The van der Waals surface area contributed by atoms with Crippen LogP contribution >= 0.6 is 0 Å². The van der Waals surface area contributed by atoms with Gasteiger partial charge in [0.2, 0.25) is 5.95 Å². The standard InChI is InChI=1S/C23H28N6O3S/c1-23(2,30)19-6-5-7-20(26-19)27-21-18(33(4,31)32)13-24-22(28-21)25-17-9-8-15-10-11-29(3)14-16(15)12-17/h5-9,12-13,30H,10-11,14H2,1-4H3,(H2,24,25,26,27,28). The Balaban J connectivity index is 1.66. The maximum atomic E-state index is 12.3. The topological polar surface area (TPSA) is 120 Å². The van der Waals surface area contributed by atoms with E-state index in [-0.39, 0.29) is 16.7 Å². The van der Waals surface area contributed by atoms with Crippen molar-refractivity contribution in [3.8, 4) is 0 Å². The lowest BCUT2D eigenvalue weighted by molar-refractivity contribution is 0.0740. The molecule has 3 heterocycles. The summed E-state index contributed by atoms with van der Waals surface area (Å²) >= 11 is 0. The van der Waals surface area contributed by atoms with Crippen molar-refractivity contribution < 1.29 is 13.5 Å². The van der Waals surface area contributed by atoms with E-state index in [1.807, 2.05) is 6.07 Å². The highest BCUT2D eigenvalue weighted by Gasteiger charge is 2.21. The smallest absolute Gasteiger partial charge is 0.229 e. The summed E-state index contributed by atoms with van der Waals surface area (Å²) in [6.07, 6.45) is 3.39. The van der Waals surface area contributed by atoms with Gasteiger partial charge < -0.3 is 20.6 Å². The fourth-order valence-corrected chi connectivity index (χ4v) is 4.36. The number of pyridine rings is 1. The first-order valence-corrected chi connectivity index (χ1v) is 12.5. The van der Waals surface area contributed by atoms with Gasteiger partial charge in [0.1, 0.15) is 16.3 Å². The number of anilines is 4. The number of hydrogen-bond acceptors (Lipinski definition) is 9.